The minimum Gasteiger partial charge on any atom is -0.507 e. The Hall–Kier alpha value is -3.47. The van der Waals surface area contributed by atoms with Crippen LogP contribution in [0.1, 0.15) is 23.6 Å². The maximum Gasteiger partial charge on any atom is 0.295 e. The van der Waals surface area contributed by atoms with E-state index >= 15 is 0 Å². The van der Waals surface area contributed by atoms with Gasteiger partial charge in [-0.2, -0.15) is 0 Å². The number of aliphatic hydroxyl groups excluding tert-OH is 1. The van der Waals surface area contributed by atoms with Crippen molar-refractivity contribution >= 4 is 27.5 Å². The standard InChI is InChI=1S/C26H30N2O7S/c1-5-16-35-20-11-7-18(8-12-20)23-22(25(30)26(31)28(23)15-6-17-34-4)24(29)19-9-13-21(14-10-19)36(32,33)27(2)3/h5,7-14,23,29H,1,6,15-17H2,2-4H3/b24-22+/t23-/m1/s1. The summed E-state index contributed by atoms with van der Waals surface area (Å²) < 4.78 is 36.5. The quantitative estimate of drug-likeness (QED) is 0.161. The molecule has 1 fully saturated rings. The van der Waals surface area contributed by atoms with Gasteiger partial charge in [-0.1, -0.05) is 24.8 Å². The highest BCUT2D eigenvalue weighted by Crippen LogP contribution is 2.40. The number of likely N-dealkylation sites (tertiary alicyclic amines) is 1. The van der Waals surface area contributed by atoms with Crippen LogP contribution in [0.2, 0.25) is 0 Å². The van der Waals surface area contributed by atoms with E-state index in [2.05, 4.69) is 6.58 Å². The average molecular weight is 515 g/mol. The molecule has 1 aliphatic rings. The molecule has 0 saturated carbocycles. The summed E-state index contributed by atoms with van der Waals surface area (Å²) in [7, 11) is 0.719. The van der Waals surface area contributed by atoms with Crippen LogP contribution < -0.4 is 4.74 Å². The summed E-state index contributed by atoms with van der Waals surface area (Å²) in [6, 6.07) is 11.6. The first-order valence-corrected chi connectivity index (χ1v) is 12.7. The Morgan fingerprint density at radius 3 is 2.31 bits per heavy atom. The molecule has 0 aliphatic carbocycles. The minimum absolute atomic E-state index is 0.0377. The monoisotopic (exact) mass is 514 g/mol. The van der Waals surface area contributed by atoms with Gasteiger partial charge < -0.3 is 19.5 Å². The third-order valence-corrected chi connectivity index (χ3v) is 7.59. The van der Waals surface area contributed by atoms with Gasteiger partial charge >= 0.3 is 0 Å². The molecular formula is C26H30N2O7S. The van der Waals surface area contributed by atoms with E-state index in [0.29, 0.717) is 30.9 Å². The van der Waals surface area contributed by atoms with Crippen LogP contribution in [-0.4, -0.2) is 75.4 Å². The summed E-state index contributed by atoms with van der Waals surface area (Å²) in [6.45, 7) is 4.58. The number of ether oxygens (including phenoxy) is 2. The van der Waals surface area contributed by atoms with Crippen molar-refractivity contribution in [2.24, 2.45) is 0 Å². The Bertz CT molecular complexity index is 1250. The van der Waals surface area contributed by atoms with Gasteiger partial charge in [0, 0.05) is 39.9 Å². The Balaban J connectivity index is 2.07. The van der Waals surface area contributed by atoms with Crippen LogP contribution in [0.25, 0.3) is 5.76 Å². The fourth-order valence-corrected chi connectivity index (χ4v) is 4.79. The normalized spacial score (nSPS) is 17.6. The predicted molar refractivity (Wildman–Crippen MR) is 135 cm³/mol. The lowest BCUT2D eigenvalue weighted by Gasteiger charge is -2.25. The van der Waals surface area contributed by atoms with E-state index < -0.39 is 27.8 Å². The second-order valence-corrected chi connectivity index (χ2v) is 10.5. The molecule has 3 rings (SSSR count). The number of hydrogen-bond donors (Lipinski definition) is 1. The molecule has 192 valence electrons. The highest BCUT2D eigenvalue weighted by atomic mass is 32.2. The molecule has 10 heteroatoms. The molecule has 2 aromatic carbocycles. The Labute approximate surface area is 211 Å². The molecule has 9 nitrogen and oxygen atoms in total. The van der Waals surface area contributed by atoms with Crippen molar-refractivity contribution in [3.05, 3.63) is 77.9 Å². The third kappa shape index (κ3) is 5.51. The number of ketones is 1. The number of methoxy groups -OCH3 is 1. The van der Waals surface area contributed by atoms with Crippen molar-refractivity contribution in [3.8, 4) is 5.75 Å². The molecule has 0 unspecified atom stereocenters. The summed E-state index contributed by atoms with van der Waals surface area (Å²) in [5.74, 6) is -1.33. The van der Waals surface area contributed by atoms with Gasteiger partial charge in [0.2, 0.25) is 10.0 Å². The van der Waals surface area contributed by atoms with Gasteiger partial charge in [-0.15, -0.1) is 0 Å². The number of sulfonamides is 1. The second kappa shape index (κ2) is 11.5. The number of aliphatic hydroxyl groups is 1. The number of rotatable bonds is 11. The van der Waals surface area contributed by atoms with Crippen LogP contribution in [0.5, 0.6) is 5.75 Å². The van der Waals surface area contributed by atoms with Crippen molar-refractivity contribution < 1.29 is 32.6 Å². The molecule has 1 heterocycles. The highest BCUT2D eigenvalue weighted by molar-refractivity contribution is 7.89. The predicted octanol–water partition coefficient (Wildman–Crippen LogP) is 2.96. The lowest BCUT2D eigenvalue weighted by molar-refractivity contribution is -0.140. The molecule has 2 aromatic rings. The van der Waals surface area contributed by atoms with Gasteiger partial charge in [0.05, 0.1) is 16.5 Å². The summed E-state index contributed by atoms with van der Waals surface area (Å²) in [4.78, 5) is 27.5. The van der Waals surface area contributed by atoms with Crippen LogP contribution in [0, 0.1) is 0 Å². The number of Topliss-reactive ketones (excluding diaryl/α,β-unsaturated/α-hetero) is 1. The lowest BCUT2D eigenvalue weighted by Crippen LogP contribution is -2.31. The van der Waals surface area contributed by atoms with E-state index in [1.54, 1.807) is 37.5 Å². The van der Waals surface area contributed by atoms with Crippen molar-refractivity contribution in [1.29, 1.82) is 0 Å². The Morgan fingerprint density at radius 1 is 1.11 bits per heavy atom. The zero-order valence-electron chi connectivity index (χ0n) is 20.5. The topological polar surface area (TPSA) is 113 Å². The summed E-state index contributed by atoms with van der Waals surface area (Å²) in [5.41, 5.74) is 0.768. The number of amides is 1. The molecule has 1 aliphatic heterocycles. The van der Waals surface area contributed by atoms with E-state index in [4.69, 9.17) is 9.47 Å². The molecular weight excluding hydrogens is 484 g/mol. The van der Waals surface area contributed by atoms with Crippen LogP contribution in [0.15, 0.2) is 71.7 Å². The number of hydrogen-bond acceptors (Lipinski definition) is 7. The summed E-state index contributed by atoms with van der Waals surface area (Å²) in [5, 5.41) is 11.2. The van der Waals surface area contributed by atoms with Crippen molar-refractivity contribution in [2.45, 2.75) is 17.4 Å². The zero-order valence-corrected chi connectivity index (χ0v) is 21.3. The fraction of sp³-hybridized carbons (Fsp3) is 0.308. The van der Waals surface area contributed by atoms with Gasteiger partial charge in [0.1, 0.15) is 18.1 Å². The van der Waals surface area contributed by atoms with Crippen LogP contribution in [-0.2, 0) is 24.3 Å². The van der Waals surface area contributed by atoms with Crippen LogP contribution in [0.4, 0.5) is 0 Å². The number of benzene rings is 2. The Kier molecular flexibility index (Phi) is 8.67. The van der Waals surface area contributed by atoms with Crippen molar-refractivity contribution in [3.63, 3.8) is 0 Å². The van der Waals surface area contributed by atoms with E-state index in [1.165, 1.54) is 43.3 Å². The van der Waals surface area contributed by atoms with E-state index in [9.17, 15) is 23.1 Å². The molecule has 1 amide bonds. The molecule has 0 aromatic heterocycles. The smallest absolute Gasteiger partial charge is 0.295 e. The fourth-order valence-electron chi connectivity index (χ4n) is 3.89. The zero-order chi connectivity index (χ0) is 26.5. The minimum atomic E-state index is -3.67. The van der Waals surface area contributed by atoms with Gasteiger partial charge in [0.25, 0.3) is 11.7 Å². The van der Waals surface area contributed by atoms with Gasteiger partial charge in [-0.3, -0.25) is 9.59 Å². The molecule has 36 heavy (non-hydrogen) atoms. The van der Waals surface area contributed by atoms with Crippen molar-refractivity contribution in [1.82, 2.24) is 9.21 Å². The lowest BCUT2D eigenvalue weighted by atomic mass is 9.95. The molecule has 1 atom stereocenters. The van der Waals surface area contributed by atoms with E-state index in [1.807, 2.05) is 0 Å². The maximum atomic E-state index is 13.1. The van der Waals surface area contributed by atoms with Gasteiger partial charge in [0.15, 0.2) is 0 Å². The first-order chi connectivity index (χ1) is 17.1. The number of carbonyl (C=O) groups is 2. The number of nitrogens with zero attached hydrogens (tertiary/aromatic N) is 2. The SMILES string of the molecule is C=CCOc1ccc([C@@H]2/C(=C(\O)c3ccc(S(=O)(=O)N(C)C)cc3)C(=O)C(=O)N2CCCOC)cc1. The third-order valence-electron chi connectivity index (χ3n) is 5.76. The second-order valence-electron chi connectivity index (χ2n) is 8.32. The van der Waals surface area contributed by atoms with Gasteiger partial charge in [-0.05, 0) is 48.4 Å². The Morgan fingerprint density at radius 2 is 1.75 bits per heavy atom. The molecule has 0 radical (unpaired) electrons. The molecule has 0 bridgehead atoms. The maximum absolute atomic E-state index is 13.1. The first kappa shape index (κ1) is 27.1. The van der Waals surface area contributed by atoms with Crippen LogP contribution in [0.3, 0.4) is 0 Å². The van der Waals surface area contributed by atoms with E-state index in [0.717, 1.165) is 4.31 Å². The van der Waals surface area contributed by atoms with Crippen molar-refractivity contribution in [2.75, 3.05) is 41.0 Å². The average Bonchev–Trinajstić information content (AvgIpc) is 3.12. The molecule has 1 N–H and O–H groups in total. The summed E-state index contributed by atoms with van der Waals surface area (Å²) in [6.07, 6.45) is 2.12. The first-order valence-electron chi connectivity index (χ1n) is 11.3. The molecule has 1 saturated heterocycles. The largest absolute Gasteiger partial charge is 0.507 e. The molecule has 0 spiro atoms. The summed E-state index contributed by atoms with van der Waals surface area (Å²) >= 11 is 0. The van der Waals surface area contributed by atoms with Gasteiger partial charge in [-0.25, -0.2) is 12.7 Å². The van der Waals surface area contributed by atoms with Crippen LogP contribution >= 0.6 is 0 Å². The number of carbonyl (C=O) groups excluding carboxylic acids is 2. The highest BCUT2D eigenvalue weighted by Gasteiger charge is 2.45. The van der Waals surface area contributed by atoms with E-state index in [-0.39, 0.29) is 28.3 Å².